The van der Waals surface area contributed by atoms with E-state index in [9.17, 15) is 0 Å². The van der Waals surface area contributed by atoms with E-state index < -0.39 is 0 Å². The van der Waals surface area contributed by atoms with Crippen molar-refractivity contribution in [2.45, 2.75) is 39.2 Å². The largest absolute Gasteiger partial charge is 0.478 e. The minimum atomic E-state index is 0.426. The Kier molecular flexibility index (Phi) is 3.62. The molecule has 1 N–H and O–H groups in total. The van der Waals surface area contributed by atoms with Gasteiger partial charge in [-0.2, -0.15) is 0 Å². The summed E-state index contributed by atoms with van der Waals surface area (Å²) in [6, 6.07) is 0.426. The summed E-state index contributed by atoms with van der Waals surface area (Å²) in [4.78, 5) is 4.72. The van der Waals surface area contributed by atoms with Gasteiger partial charge in [-0.05, 0) is 38.3 Å². The second-order valence-corrected chi connectivity index (χ2v) is 5.09. The maximum atomic E-state index is 5.73. The highest BCUT2D eigenvalue weighted by Gasteiger charge is 2.27. The predicted molar refractivity (Wildman–Crippen MR) is 62.2 cm³/mol. The van der Waals surface area contributed by atoms with Gasteiger partial charge in [-0.1, -0.05) is 13.8 Å². The number of hydrogen-bond acceptors (Lipinski definition) is 3. The molecule has 2 aliphatic heterocycles. The molecule has 0 amide bonds. The Hall–Kier alpha value is -0.570. The Morgan fingerprint density at radius 3 is 2.80 bits per heavy atom. The van der Waals surface area contributed by atoms with Crippen molar-refractivity contribution in [2.24, 2.45) is 16.8 Å². The molecule has 2 aliphatic rings. The van der Waals surface area contributed by atoms with Crippen LogP contribution >= 0.6 is 0 Å². The normalized spacial score (nSPS) is 27.9. The summed E-state index contributed by atoms with van der Waals surface area (Å²) in [6.07, 6.45) is 3.54. The molecule has 0 aromatic rings. The zero-order valence-electron chi connectivity index (χ0n) is 9.83. The van der Waals surface area contributed by atoms with Gasteiger partial charge in [0.05, 0.1) is 6.04 Å². The average molecular weight is 210 g/mol. The molecule has 0 radical (unpaired) electrons. The second-order valence-electron chi connectivity index (χ2n) is 5.09. The van der Waals surface area contributed by atoms with Gasteiger partial charge >= 0.3 is 0 Å². The molecule has 1 saturated heterocycles. The van der Waals surface area contributed by atoms with Crippen LogP contribution in [0.1, 0.15) is 33.1 Å². The van der Waals surface area contributed by atoms with E-state index in [4.69, 9.17) is 9.73 Å². The van der Waals surface area contributed by atoms with E-state index in [0.29, 0.717) is 12.0 Å². The standard InChI is InChI=1S/C12H22N2O/c1-9(2)7-11-8-15-12(14-11)10-3-5-13-6-4-10/h9-11,13H,3-8H2,1-2H3. The average Bonchev–Trinajstić information content (AvgIpc) is 2.67. The quantitative estimate of drug-likeness (QED) is 0.771. The number of ether oxygens (including phenoxy) is 1. The minimum Gasteiger partial charge on any atom is -0.478 e. The first-order valence-electron chi connectivity index (χ1n) is 6.17. The molecule has 3 heteroatoms. The van der Waals surface area contributed by atoms with Crippen molar-refractivity contribution in [1.82, 2.24) is 5.32 Å². The Bertz CT molecular complexity index is 232. The smallest absolute Gasteiger partial charge is 0.186 e. The number of rotatable bonds is 3. The van der Waals surface area contributed by atoms with E-state index in [2.05, 4.69) is 19.2 Å². The number of nitrogens with one attached hydrogen (secondary N) is 1. The lowest BCUT2D eigenvalue weighted by molar-refractivity contribution is 0.274. The van der Waals surface area contributed by atoms with Crippen LogP contribution in [0.2, 0.25) is 0 Å². The fourth-order valence-corrected chi connectivity index (χ4v) is 2.39. The van der Waals surface area contributed by atoms with Crippen LogP contribution in [0.4, 0.5) is 0 Å². The molecule has 1 unspecified atom stereocenters. The Morgan fingerprint density at radius 1 is 1.40 bits per heavy atom. The summed E-state index contributed by atoms with van der Waals surface area (Å²) in [7, 11) is 0. The molecule has 2 rings (SSSR count). The Balaban J connectivity index is 1.87. The number of nitrogens with zero attached hydrogens (tertiary/aromatic N) is 1. The lowest BCUT2D eigenvalue weighted by Gasteiger charge is -2.21. The molecule has 0 spiro atoms. The van der Waals surface area contributed by atoms with Crippen molar-refractivity contribution < 1.29 is 4.74 Å². The lowest BCUT2D eigenvalue weighted by atomic mass is 9.98. The molecular formula is C12H22N2O. The van der Waals surface area contributed by atoms with Crippen LogP contribution in [-0.4, -0.2) is 31.6 Å². The summed E-state index contributed by atoms with van der Waals surface area (Å²) in [6.45, 7) is 7.54. The van der Waals surface area contributed by atoms with Crippen molar-refractivity contribution in [3.05, 3.63) is 0 Å². The first-order valence-corrected chi connectivity index (χ1v) is 6.17. The van der Waals surface area contributed by atoms with Gasteiger partial charge in [0, 0.05) is 5.92 Å². The van der Waals surface area contributed by atoms with Gasteiger partial charge in [0.25, 0.3) is 0 Å². The van der Waals surface area contributed by atoms with Crippen LogP contribution in [-0.2, 0) is 4.74 Å². The van der Waals surface area contributed by atoms with Crippen LogP contribution in [0.3, 0.4) is 0 Å². The lowest BCUT2D eigenvalue weighted by Crippen LogP contribution is -2.31. The van der Waals surface area contributed by atoms with Gasteiger partial charge in [0.1, 0.15) is 6.61 Å². The van der Waals surface area contributed by atoms with Crippen molar-refractivity contribution in [1.29, 1.82) is 0 Å². The third-order valence-corrected chi connectivity index (χ3v) is 3.17. The van der Waals surface area contributed by atoms with Crippen molar-refractivity contribution in [3.8, 4) is 0 Å². The highest BCUT2D eigenvalue weighted by Crippen LogP contribution is 2.22. The van der Waals surface area contributed by atoms with Gasteiger partial charge < -0.3 is 10.1 Å². The van der Waals surface area contributed by atoms with Gasteiger partial charge in [-0.15, -0.1) is 0 Å². The minimum absolute atomic E-state index is 0.426. The van der Waals surface area contributed by atoms with Crippen LogP contribution in [0, 0.1) is 11.8 Å². The van der Waals surface area contributed by atoms with Crippen LogP contribution in [0.15, 0.2) is 4.99 Å². The summed E-state index contributed by atoms with van der Waals surface area (Å²) in [5.74, 6) is 2.35. The SMILES string of the molecule is CC(C)CC1COC(C2CCNCC2)=N1. The van der Waals surface area contributed by atoms with Crippen LogP contribution < -0.4 is 5.32 Å². The molecule has 0 aliphatic carbocycles. The summed E-state index contributed by atoms with van der Waals surface area (Å²) >= 11 is 0. The van der Waals surface area contributed by atoms with Gasteiger partial charge in [-0.3, -0.25) is 0 Å². The maximum absolute atomic E-state index is 5.73. The maximum Gasteiger partial charge on any atom is 0.186 e. The zero-order valence-corrected chi connectivity index (χ0v) is 9.83. The predicted octanol–water partition coefficient (Wildman–Crippen LogP) is 1.83. The molecule has 2 heterocycles. The zero-order chi connectivity index (χ0) is 10.7. The fraction of sp³-hybridized carbons (Fsp3) is 0.917. The highest BCUT2D eigenvalue weighted by molar-refractivity contribution is 5.80. The number of piperidine rings is 1. The number of aliphatic imine (C=N–C) groups is 1. The summed E-state index contributed by atoms with van der Waals surface area (Å²) < 4.78 is 5.73. The number of hydrogen-bond donors (Lipinski definition) is 1. The van der Waals surface area contributed by atoms with Gasteiger partial charge in [0.2, 0.25) is 0 Å². The summed E-state index contributed by atoms with van der Waals surface area (Å²) in [5, 5.41) is 3.37. The van der Waals surface area contributed by atoms with Crippen LogP contribution in [0.25, 0.3) is 0 Å². The van der Waals surface area contributed by atoms with Crippen molar-refractivity contribution >= 4 is 5.90 Å². The van der Waals surface area contributed by atoms with E-state index in [1.807, 2.05) is 0 Å². The molecule has 86 valence electrons. The third-order valence-electron chi connectivity index (χ3n) is 3.17. The van der Waals surface area contributed by atoms with Crippen molar-refractivity contribution in [3.63, 3.8) is 0 Å². The molecule has 0 saturated carbocycles. The Labute approximate surface area is 92.3 Å². The molecule has 1 fully saturated rings. The van der Waals surface area contributed by atoms with E-state index in [0.717, 1.165) is 37.9 Å². The van der Waals surface area contributed by atoms with Gasteiger partial charge in [-0.25, -0.2) is 4.99 Å². The first-order chi connectivity index (χ1) is 7.25. The monoisotopic (exact) mass is 210 g/mol. The van der Waals surface area contributed by atoms with Crippen molar-refractivity contribution in [2.75, 3.05) is 19.7 Å². The molecule has 1 atom stereocenters. The molecule has 0 bridgehead atoms. The van der Waals surface area contributed by atoms with E-state index in [-0.39, 0.29) is 0 Å². The second kappa shape index (κ2) is 4.97. The third kappa shape index (κ3) is 2.94. The molecular weight excluding hydrogens is 188 g/mol. The molecule has 0 aromatic carbocycles. The Morgan fingerprint density at radius 2 is 2.13 bits per heavy atom. The van der Waals surface area contributed by atoms with E-state index in [1.165, 1.54) is 12.8 Å². The highest BCUT2D eigenvalue weighted by atomic mass is 16.5. The topological polar surface area (TPSA) is 33.6 Å². The van der Waals surface area contributed by atoms with Gasteiger partial charge in [0.15, 0.2) is 5.90 Å². The van der Waals surface area contributed by atoms with E-state index in [1.54, 1.807) is 0 Å². The molecule has 0 aromatic heterocycles. The van der Waals surface area contributed by atoms with E-state index >= 15 is 0 Å². The van der Waals surface area contributed by atoms with Crippen LogP contribution in [0.5, 0.6) is 0 Å². The first kappa shape index (κ1) is 10.9. The molecule has 3 nitrogen and oxygen atoms in total. The fourth-order valence-electron chi connectivity index (χ4n) is 2.39. The molecule has 15 heavy (non-hydrogen) atoms. The summed E-state index contributed by atoms with van der Waals surface area (Å²) in [5.41, 5.74) is 0.